The highest BCUT2D eigenvalue weighted by atomic mass is 19.2. The fourth-order valence-corrected chi connectivity index (χ4v) is 3.46. The minimum absolute atomic E-state index is 0.0895. The summed E-state index contributed by atoms with van der Waals surface area (Å²) < 4.78 is 70.2. The number of fused-ring (bicyclic) bond motifs is 1. The van der Waals surface area contributed by atoms with E-state index in [0.717, 1.165) is 24.3 Å². The lowest BCUT2D eigenvalue weighted by molar-refractivity contribution is 0.243. The second kappa shape index (κ2) is 7.05. The summed E-state index contributed by atoms with van der Waals surface area (Å²) in [5.41, 5.74) is 6.38. The molecule has 2 atom stereocenters. The van der Waals surface area contributed by atoms with Crippen LogP contribution in [0.15, 0.2) is 30.3 Å². The van der Waals surface area contributed by atoms with Gasteiger partial charge in [-0.05, 0) is 12.5 Å². The Labute approximate surface area is 157 Å². The predicted octanol–water partition coefficient (Wildman–Crippen LogP) is 3.52. The van der Waals surface area contributed by atoms with Crippen LogP contribution in [0.5, 0.6) is 0 Å². The Kier molecular flexibility index (Phi) is 4.70. The molecule has 148 valence electrons. The van der Waals surface area contributed by atoms with Crippen molar-refractivity contribution in [3.05, 3.63) is 59.2 Å². The third-order valence-corrected chi connectivity index (χ3v) is 4.97. The summed E-state index contributed by atoms with van der Waals surface area (Å²) in [6, 6.07) is 4.33. The predicted molar refractivity (Wildman–Crippen MR) is 94.8 cm³/mol. The van der Waals surface area contributed by atoms with E-state index in [4.69, 9.17) is 5.73 Å². The van der Waals surface area contributed by atoms with E-state index in [1.165, 1.54) is 10.6 Å². The number of rotatable bonds is 3. The second-order valence-electron chi connectivity index (χ2n) is 6.90. The second-order valence-corrected chi connectivity index (χ2v) is 6.90. The van der Waals surface area contributed by atoms with Gasteiger partial charge in [-0.15, -0.1) is 0 Å². The van der Waals surface area contributed by atoms with Crippen LogP contribution in [0.25, 0.3) is 11.0 Å². The first-order chi connectivity index (χ1) is 13.3. The summed E-state index contributed by atoms with van der Waals surface area (Å²) in [7, 11) is 0. The molecule has 3 aromatic rings. The molecule has 1 aromatic heterocycles. The minimum Gasteiger partial charge on any atom is -0.340 e. The van der Waals surface area contributed by atoms with Crippen molar-refractivity contribution < 1.29 is 22.0 Å². The first-order valence-corrected chi connectivity index (χ1v) is 8.77. The van der Waals surface area contributed by atoms with Gasteiger partial charge in [0.25, 0.3) is 0 Å². The zero-order valence-corrected chi connectivity index (χ0v) is 14.7. The number of anilines is 1. The fraction of sp³-hybridized carbons (Fsp3) is 0.316. The van der Waals surface area contributed by atoms with Crippen LogP contribution < -0.4 is 10.6 Å². The summed E-state index contributed by atoms with van der Waals surface area (Å²) in [4.78, 5) is 6.06. The number of piperidine rings is 1. The summed E-state index contributed by atoms with van der Waals surface area (Å²) in [6.07, 6.45) is -0.976. The van der Waals surface area contributed by atoms with Crippen LogP contribution in [0.2, 0.25) is 0 Å². The number of halogens is 5. The molecule has 2 heterocycles. The SMILES string of the molecule is NC1CN(c2nc3cc(F)c(F)cc3n2Cc2ccc(F)cc2F)CCC1F. The van der Waals surface area contributed by atoms with Crippen LogP contribution in [0.4, 0.5) is 27.9 Å². The van der Waals surface area contributed by atoms with E-state index < -0.39 is 35.5 Å². The molecule has 1 fully saturated rings. The molecule has 0 saturated carbocycles. The number of benzene rings is 2. The lowest BCUT2D eigenvalue weighted by Crippen LogP contribution is -2.50. The van der Waals surface area contributed by atoms with E-state index >= 15 is 0 Å². The van der Waals surface area contributed by atoms with Crippen molar-refractivity contribution in [1.29, 1.82) is 0 Å². The fourth-order valence-electron chi connectivity index (χ4n) is 3.46. The summed E-state index contributed by atoms with van der Waals surface area (Å²) >= 11 is 0. The Morgan fingerprint density at radius 1 is 1.04 bits per heavy atom. The molecule has 28 heavy (non-hydrogen) atoms. The van der Waals surface area contributed by atoms with Crippen molar-refractivity contribution in [1.82, 2.24) is 9.55 Å². The molecule has 9 heteroatoms. The Balaban J connectivity index is 1.83. The van der Waals surface area contributed by atoms with Crippen LogP contribution in [0.3, 0.4) is 0 Å². The standard InChI is InChI=1S/C19H17F5N4/c20-11-2-1-10(13(22)5-11)8-28-18-7-15(24)14(23)6-17(18)26-19(28)27-4-3-12(21)16(25)9-27/h1-2,5-7,12,16H,3-4,8-9,25H2. The normalized spacial score (nSPS) is 20.1. The van der Waals surface area contributed by atoms with Crippen LogP contribution in [-0.4, -0.2) is 34.9 Å². The van der Waals surface area contributed by atoms with E-state index in [1.54, 1.807) is 4.90 Å². The molecule has 2 unspecified atom stereocenters. The van der Waals surface area contributed by atoms with Gasteiger partial charge in [-0.3, -0.25) is 0 Å². The van der Waals surface area contributed by atoms with E-state index in [9.17, 15) is 22.0 Å². The first kappa shape index (κ1) is 18.7. The zero-order chi connectivity index (χ0) is 20.0. The number of imidazole rings is 1. The molecule has 0 spiro atoms. The molecule has 1 aliphatic rings. The van der Waals surface area contributed by atoms with Gasteiger partial charge in [0.2, 0.25) is 5.95 Å². The van der Waals surface area contributed by atoms with Gasteiger partial charge in [-0.25, -0.2) is 26.9 Å². The van der Waals surface area contributed by atoms with Crippen molar-refractivity contribution in [3.63, 3.8) is 0 Å². The number of hydrogen-bond donors (Lipinski definition) is 1. The number of alkyl halides is 1. The molecular weight excluding hydrogens is 379 g/mol. The van der Waals surface area contributed by atoms with Gasteiger partial charge in [0.1, 0.15) is 17.8 Å². The van der Waals surface area contributed by atoms with Crippen molar-refractivity contribution in [3.8, 4) is 0 Å². The van der Waals surface area contributed by atoms with Gasteiger partial charge in [0, 0.05) is 36.9 Å². The molecule has 4 nitrogen and oxygen atoms in total. The number of nitrogens with zero attached hydrogens (tertiary/aromatic N) is 3. The third-order valence-electron chi connectivity index (χ3n) is 4.97. The molecule has 0 bridgehead atoms. The van der Waals surface area contributed by atoms with Crippen LogP contribution in [-0.2, 0) is 6.54 Å². The van der Waals surface area contributed by atoms with Gasteiger partial charge in [-0.2, -0.15) is 0 Å². The smallest absolute Gasteiger partial charge is 0.206 e. The molecule has 0 aliphatic carbocycles. The highest BCUT2D eigenvalue weighted by Crippen LogP contribution is 2.29. The number of hydrogen-bond acceptors (Lipinski definition) is 3. The molecule has 0 radical (unpaired) electrons. The van der Waals surface area contributed by atoms with Gasteiger partial charge in [0.05, 0.1) is 23.6 Å². The van der Waals surface area contributed by atoms with Crippen LogP contribution in [0.1, 0.15) is 12.0 Å². The van der Waals surface area contributed by atoms with E-state index in [0.29, 0.717) is 12.5 Å². The molecule has 1 aliphatic heterocycles. The van der Waals surface area contributed by atoms with E-state index in [-0.39, 0.29) is 36.1 Å². The maximum Gasteiger partial charge on any atom is 0.206 e. The molecule has 1 saturated heterocycles. The van der Waals surface area contributed by atoms with Crippen molar-refractivity contribution in [2.45, 2.75) is 25.2 Å². The quantitative estimate of drug-likeness (QED) is 0.690. The average molecular weight is 396 g/mol. The van der Waals surface area contributed by atoms with Crippen molar-refractivity contribution >= 4 is 17.0 Å². The molecule has 2 aromatic carbocycles. The van der Waals surface area contributed by atoms with Gasteiger partial charge < -0.3 is 15.2 Å². The minimum atomic E-state index is -1.15. The monoisotopic (exact) mass is 396 g/mol. The summed E-state index contributed by atoms with van der Waals surface area (Å²) in [6.45, 7) is 0.365. The highest BCUT2D eigenvalue weighted by molar-refractivity contribution is 5.79. The van der Waals surface area contributed by atoms with E-state index in [2.05, 4.69) is 4.98 Å². The molecular formula is C19H17F5N4. The Bertz CT molecular complexity index is 1030. The lowest BCUT2D eigenvalue weighted by atomic mass is 10.1. The van der Waals surface area contributed by atoms with Gasteiger partial charge in [-0.1, -0.05) is 6.07 Å². The number of aromatic nitrogens is 2. The molecule has 2 N–H and O–H groups in total. The zero-order valence-electron chi connectivity index (χ0n) is 14.7. The summed E-state index contributed by atoms with van der Waals surface area (Å²) in [5.74, 6) is -3.32. The largest absolute Gasteiger partial charge is 0.340 e. The lowest BCUT2D eigenvalue weighted by Gasteiger charge is -2.34. The van der Waals surface area contributed by atoms with E-state index in [1.807, 2.05) is 0 Å². The van der Waals surface area contributed by atoms with Gasteiger partial charge >= 0.3 is 0 Å². The third kappa shape index (κ3) is 3.30. The maximum atomic E-state index is 14.2. The maximum absolute atomic E-state index is 14.2. The molecule has 0 amide bonds. The topological polar surface area (TPSA) is 47.1 Å². The Hall–Kier alpha value is -2.68. The first-order valence-electron chi connectivity index (χ1n) is 8.77. The average Bonchev–Trinajstić information content (AvgIpc) is 2.97. The Morgan fingerprint density at radius 3 is 2.50 bits per heavy atom. The highest BCUT2D eigenvalue weighted by Gasteiger charge is 2.29. The van der Waals surface area contributed by atoms with Crippen molar-refractivity contribution in [2.24, 2.45) is 5.73 Å². The summed E-state index contributed by atoms with van der Waals surface area (Å²) in [5, 5.41) is 0. The van der Waals surface area contributed by atoms with Gasteiger partial charge in [0.15, 0.2) is 11.6 Å². The van der Waals surface area contributed by atoms with Crippen molar-refractivity contribution in [2.75, 3.05) is 18.0 Å². The number of nitrogens with two attached hydrogens (primary N) is 1. The van der Waals surface area contributed by atoms with Crippen LogP contribution in [0, 0.1) is 23.3 Å². The Morgan fingerprint density at radius 2 is 1.79 bits per heavy atom. The van der Waals surface area contributed by atoms with Crippen LogP contribution >= 0.6 is 0 Å². The molecule has 4 rings (SSSR count).